The van der Waals surface area contributed by atoms with Crippen LogP contribution in [0.15, 0.2) is 30.3 Å². The third-order valence-corrected chi connectivity index (χ3v) is 6.87. The molecule has 0 unspecified atom stereocenters. The zero-order valence-corrected chi connectivity index (χ0v) is 19.9. The van der Waals surface area contributed by atoms with E-state index in [0.717, 1.165) is 29.0 Å². The van der Waals surface area contributed by atoms with E-state index < -0.39 is 18.2 Å². The second-order valence-corrected chi connectivity index (χ2v) is 10.4. The summed E-state index contributed by atoms with van der Waals surface area (Å²) >= 11 is 0. The maximum Gasteiger partial charge on any atom is 0.573 e. The van der Waals surface area contributed by atoms with Crippen LogP contribution in [0.25, 0.3) is 11.1 Å². The maximum absolute atomic E-state index is 13.2. The third-order valence-electron chi connectivity index (χ3n) is 6.87. The van der Waals surface area contributed by atoms with Gasteiger partial charge in [-0.3, -0.25) is 4.79 Å². The van der Waals surface area contributed by atoms with E-state index in [-0.39, 0.29) is 35.1 Å². The van der Waals surface area contributed by atoms with E-state index in [1.54, 1.807) is 6.07 Å². The normalized spacial score (nSPS) is 19.1. The van der Waals surface area contributed by atoms with Crippen LogP contribution in [0.5, 0.6) is 5.75 Å². The van der Waals surface area contributed by atoms with E-state index in [2.05, 4.69) is 38.5 Å². The summed E-state index contributed by atoms with van der Waals surface area (Å²) in [7, 11) is 0. The predicted octanol–water partition coefficient (Wildman–Crippen LogP) is 6.10. The first kappa shape index (κ1) is 24.1. The van der Waals surface area contributed by atoms with Gasteiger partial charge in [0.25, 0.3) is 5.91 Å². The molecule has 1 amide bonds. The minimum absolute atomic E-state index is 0.0404. The van der Waals surface area contributed by atoms with Crippen LogP contribution >= 0.6 is 0 Å². The number of ether oxygens (including phenoxy) is 1. The van der Waals surface area contributed by atoms with E-state index >= 15 is 0 Å². The number of hydroxylamine groups is 2. The third kappa shape index (κ3) is 4.63. The Morgan fingerprint density at radius 3 is 2.15 bits per heavy atom. The molecule has 5 nitrogen and oxygen atoms in total. The van der Waals surface area contributed by atoms with Gasteiger partial charge in [0, 0.05) is 5.56 Å². The van der Waals surface area contributed by atoms with Crippen LogP contribution in [-0.2, 0) is 31.8 Å². The number of amides is 1. The topological polar surface area (TPSA) is 55.8 Å². The SMILES string of the molecule is Cc1cc2c(cc1-c1cc(CN3OC(=O)CC3=O)ccc1OC(F)(F)F)C(C)(C)CCC2(C)C. The largest absolute Gasteiger partial charge is 0.573 e. The fraction of sp³-hybridized carbons (Fsp3) is 0.462. The molecule has 0 radical (unpaired) electrons. The van der Waals surface area contributed by atoms with Crippen molar-refractivity contribution in [3.8, 4) is 16.9 Å². The lowest BCUT2D eigenvalue weighted by Gasteiger charge is -2.42. The van der Waals surface area contributed by atoms with Gasteiger partial charge in [-0.1, -0.05) is 39.8 Å². The van der Waals surface area contributed by atoms with Gasteiger partial charge in [0.2, 0.25) is 0 Å². The summed E-state index contributed by atoms with van der Waals surface area (Å²) in [5.74, 6) is -1.47. The van der Waals surface area contributed by atoms with Crippen molar-refractivity contribution in [3.05, 3.63) is 52.6 Å². The molecule has 2 aromatic rings. The van der Waals surface area contributed by atoms with Crippen molar-refractivity contribution in [1.82, 2.24) is 5.06 Å². The molecule has 4 rings (SSSR count). The maximum atomic E-state index is 13.2. The summed E-state index contributed by atoms with van der Waals surface area (Å²) in [6.07, 6.45) is -3.23. The Labute approximate surface area is 196 Å². The van der Waals surface area contributed by atoms with Gasteiger partial charge in [0.15, 0.2) is 0 Å². The molecule has 1 aliphatic carbocycles. The Morgan fingerprint density at radius 1 is 0.971 bits per heavy atom. The summed E-state index contributed by atoms with van der Waals surface area (Å²) in [4.78, 5) is 28.3. The summed E-state index contributed by atoms with van der Waals surface area (Å²) in [6, 6.07) is 8.30. The number of hydrogen-bond donors (Lipinski definition) is 0. The van der Waals surface area contributed by atoms with Crippen molar-refractivity contribution in [2.24, 2.45) is 0 Å². The zero-order valence-electron chi connectivity index (χ0n) is 19.9. The first-order chi connectivity index (χ1) is 15.7. The summed E-state index contributed by atoms with van der Waals surface area (Å²) in [5.41, 5.74) is 4.39. The van der Waals surface area contributed by atoms with Crippen LogP contribution in [0, 0.1) is 6.92 Å². The number of rotatable bonds is 4. The molecule has 0 aromatic heterocycles. The minimum Gasteiger partial charge on any atom is -0.405 e. The van der Waals surface area contributed by atoms with Crippen LogP contribution in [-0.4, -0.2) is 23.3 Å². The molecule has 0 N–H and O–H groups in total. The molecule has 0 saturated carbocycles. The predicted molar refractivity (Wildman–Crippen MR) is 120 cm³/mol. The highest BCUT2D eigenvalue weighted by molar-refractivity contribution is 5.98. The lowest BCUT2D eigenvalue weighted by Crippen LogP contribution is -2.34. The number of benzene rings is 2. The highest BCUT2D eigenvalue weighted by Gasteiger charge is 2.38. The van der Waals surface area contributed by atoms with E-state index in [9.17, 15) is 22.8 Å². The molecule has 0 atom stereocenters. The average Bonchev–Trinajstić information content (AvgIpc) is 3.02. The van der Waals surface area contributed by atoms with Gasteiger partial charge in [-0.25, -0.2) is 4.79 Å². The lowest BCUT2D eigenvalue weighted by molar-refractivity contribution is -0.274. The highest BCUT2D eigenvalue weighted by atomic mass is 19.4. The van der Waals surface area contributed by atoms with Crippen molar-refractivity contribution in [2.45, 2.75) is 77.6 Å². The van der Waals surface area contributed by atoms with E-state index in [1.807, 2.05) is 13.0 Å². The summed E-state index contributed by atoms with van der Waals surface area (Å²) < 4.78 is 44.1. The van der Waals surface area contributed by atoms with Crippen LogP contribution in [0.2, 0.25) is 0 Å². The Bertz CT molecular complexity index is 1170. The molecule has 1 heterocycles. The van der Waals surface area contributed by atoms with Gasteiger partial charge in [0.1, 0.15) is 12.2 Å². The van der Waals surface area contributed by atoms with E-state index in [4.69, 9.17) is 4.84 Å². The number of alkyl halides is 3. The lowest BCUT2D eigenvalue weighted by atomic mass is 9.62. The number of carbonyl (C=O) groups excluding carboxylic acids is 2. The van der Waals surface area contributed by atoms with Crippen LogP contribution in [0.4, 0.5) is 13.2 Å². The van der Waals surface area contributed by atoms with Gasteiger partial charge in [-0.2, -0.15) is 5.06 Å². The number of halogens is 3. The quantitative estimate of drug-likeness (QED) is 0.502. The molecule has 2 aliphatic rings. The number of carbonyl (C=O) groups is 2. The Hall–Kier alpha value is -3.03. The molecule has 0 bridgehead atoms. The van der Waals surface area contributed by atoms with Crippen LogP contribution < -0.4 is 4.74 Å². The molecule has 2 aromatic carbocycles. The molecule has 0 spiro atoms. The van der Waals surface area contributed by atoms with E-state index in [1.165, 1.54) is 17.7 Å². The number of hydrogen-bond acceptors (Lipinski definition) is 4. The number of aryl methyl sites for hydroxylation is 1. The standard InChI is InChI=1S/C26H28F3NO4/c1-15-10-19-20(25(4,5)9-8-24(19,2)3)12-17(15)18-11-16(6-7-21(18)33-26(27,28)29)14-30-22(31)13-23(32)34-30/h6-7,10-12H,8-9,13-14H2,1-5H3. The van der Waals surface area contributed by atoms with Crippen molar-refractivity contribution < 1.29 is 32.3 Å². The zero-order chi connectivity index (χ0) is 25.1. The monoisotopic (exact) mass is 475 g/mol. The second-order valence-electron chi connectivity index (χ2n) is 10.4. The molecule has 8 heteroatoms. The van der Waals surface area contributed by atoms with Crippen molar-refractivity contribution in [2.75, 3.05) is 0 Å². The van der Waals surface area contributed by atoms with Gasteiger partial charge in [-0.15, -0.1) is 13.2 Å². The molecule has 182 valence electrons. The summed E-state index contributed by atoms with van der Waals surface area (Å²) in [6.45, 7) is 10.5. The van der Waals surface area contributed by atoms with Crippen molar-refractivity contribution in [1.29, 1.82) is 0 Å². The first-order valence-corrected chi connectivity index (χ1v) is 11.2. The van der Waals surface area contributed by atoms with Crippen LogP contribution in [0.3, 0.4) is 0 Å². The van der Waals surface area contributed by atoms with Crippen molar-refractivity contribution in [3.63, 3.8) is 0 Å². The molecule has 1 aliphatic heterocycles. The molecular formula is C26H28F3NO4. The van der Waals surface area contributed by atoms with Crippen LogP contribution in [0.1, 0.15) is 69.2 Å². The summed E-state index contributed by atoms with van der Waals surface area (Å²) in [5, 5.41) is 0.928. The molecule has 1 fully saturated rings. The van der Waals surface area contributed by atoms with E-state index in [0.29, 0.717) is 11.1 Å². The smallest absolute Gasteiger partial charge is 0.405 e. The Balaban J connectivity index is 1.84. The fourth-order valence-electron chi connectivity index (χ4n) is 4.82. The fourth-order valence-corrected chi connectivity index (χ4v) is 4.82. The van der Waals surface area contributed by atoms with Gasteiger partial charge in [0.05, 0.1) is 6.54 Å². The molecule has 1 saturated heterocycles. The van der Waals surface area contributed by atoms with Gasteiger partial charge in [-0.05, 0) is 76.6 Å². The van der Waals surface area contributed by atoms with Crippen molar-refractivity contribution >= 4 is 11.9 Å². The number of nitrogens with zero attached hydrogens (tertiary/aromatic N) is 1. The average molecular weight is 476 g/mol. The second kappa shape index (κ2) is 8.03. The molecular weight excluding hydrogens is 447 g/mol. The molecule has 34 heavy (non-hydrogen) atoms. The Morgan fingerprint density at radius 2 is 1.59 bits per heavy atom. The Kier molecular flexibility index (Phi) is 5.69. The van der Waals surface area contributed by atoms with Gasteiger partial charge < -0.3 is 9.57 Å². The number of fused-ring (bicyclic) bond motifs is 1. The highest BCUT2D eigenvalue weighted by Crippen LogP contribution is 2.48. The van der Waals surface area contributed by atoms with Gasteiger partial charge >= 0.3 is 12.3 Å². The first-order valence-electron chi connectivity index (χ1n) is 11.2. The minimum atomic E-state index is -4.86.